The summed E-state index contributed by atoms with van der Waals surface area (Å²) in [4.78, 5) is 10.3. The highest BCUT2D eigenvalue weighted by molar-refractivity contribution is 5.44. The Morgan fingerprint density at radius 3 is 2.80 bits per heavy atom. The van der Waals surface area contributed by atoms with E-state index < -0.39 is 0 Å². The van der Waals surface area contributed by atoms with Crippen molar-refractivity contribution in [1.29, 1.82) is 0 Å². The monoisotopic (exact) mass is 205 g/mol. The van der Waals surface area contributed by atoms with Crippen LogP contribution in [-0.4, -0.2) is 4.92 Å². The lowest BCUT2D eigenvalue weighted by atomic mass is 9.73. The number of aryl methyl sites for hydroxylation is 1. The molecule has 0 aliphatic heterocycles. The first-order valence-electron chi connectivity index (χ1n) is 5.28. The molecule has 1 aromatic rings. The molecule has 1 aliphatic carbocycles. The largest absolute Gasteiger partial charge is 0.269 e. The molecule has 0 heterocycles. The SMILES string of the molecule is CC1(C)CCCc2cc([N+](=O)[O-])ccc21. The molecule has 0 fully saturated rings. The number of benzene rings is 1. The van der Waals surface area contributed by atoms with Crippen LogP contribution in [0.3, 0.4) is 0 Å². The second-order valence-electron chi connectivity index (χ2n) is 4.84. The van der Waals surface area contributed by atoms with Gasteiger partial charge in [0.2, 0.25) is 0 Å². The molecule has 1 aromatic carbocycles. The fraction of sp³-hybridized carbons (Fsp3) is 0.500. The average Bonchev–Trinajstić information content (AvgIpc) is 2.16. The molecule has 0 bridgehead atoms. The number of hydrogen-bond donors (Lipinski definition) is 0. The molecule has 3 nitrogen and oxygen atoms in total. The van der Waals surface area contributed by atoms with E-state index in [1.165, 1.54) is 5.56 Å². The van der Waals surface area contributed by atoms with Crippen LogP contribution >= 0.6 is 0 Å². The Balaban J connectivity index is 2.50. The lowest BCUT2D eigenvalue weighted by Crippen LogP contribution is -2.23. The zero-order valence-electron chi connectivity index (χ0n) is 9.12. The molecule has 0 amide bonds. The van der Waals surface area contributed by atoms with Crippen molar-refractivity contribution < 1.29 is 4.92 Å². The zero-order valence-corrected chi connectivity index (χ0v) is 9.12. The van der Waals surface area contributed by atoms with E-state index in [-0.39, 0.29) is 16.0 Å². The molecule has 0 radical (unpaired) electrons. The van der Waals surface area contributed by atoms with E-state index in [1.807, 2.05) is 6.07 Å². The average molecular weight is 205 g/mol. The van der Waals surface area contributed by atoms with Gasteiger partial charge < -0.3 is 0 Å². The molecule has 0 aromatic heterocycles. The lowest BCUT2D eigenvalue weighted by molar-refractivity contribution is -0.384. The maximum Gasteiger partial charge on any atom is 0.269 e. The second-order valence-corrected chi connectivity index (χ2v) is 4.84. The Morgan fingerprint density at radius 2 is 2.13 bits per heavy atom. The third-order valence-electron chi connectivity index (χ3n) is 3.28. The zero-order chi connectivity index (χ0) is 11.1. The molecule has 0 unspecified atom stereocenters. The molecule has 0 spiro atoms. The predicted molar refractivity (Wildman–Crippen MR) is 59.1 cm³/mol. The third kappa shape index (κ3) is 1.74. The molecule has 3 heteroatoms. The lowest BCUT2D eigenvalue weighted by Gasteiger charge is -2.32. The molecular formula is C12H15NO2. The molecule has 1 aliphatic rings. The van der Waals surface area contributed by atoms with Crippen LogP contribution in [-0.2, 0) is 11.8 Å². The van der Waals surface area contributed by atoms with Crippen LogP contribution in [0.15, 0.2) is 18.2 Å². The van der Waals surface area contributed by atoms with Gasteiger partial charge in [-0.25, -0.2) is 0 Å². The Morgan fingerprint density at radius 1 is 1.40 bits per heavy atom. The minimum Gasteiger partial charge on any atom is -0.258 e. The Bertz CT molecular complexity index is 410. The van der Waals surface area contributed by atoms with Gasteiger partial charge in [-0.05, 0) is 35.8 Å². The van der Waals surface area contributed by atoms with Gasteiger partial charge in [-0.15, -0.1) is 0 Å². The maximum atomic E-state index is 10.7. The number of nitro groups is 1. The number of nitrogens with zero attached hydrogens (tertiary/aromatic N) is 1. The minimum atomic E-state index is -0.318. The van der Waals surface area contributed by atoms with Gasteiger partial charge >= 0.3 is 0 Å². The topological polar surface area (TPSA) is 43.1 Å². The summed E-state index contributed by atoms with van der Waals surface area (Å²) in [5.74, 6) is 0. The number of nitro benzene ring substituents is 1. The molecule has 15 heavy (non-hydrogen) atoms. The van der Waals surface area contributed by atoms with E-state index >= 15 is 0 Å². The molecule has 0 atom stereocenters. The fourth-order valence-electron chi connectivity index (χ4n) is 2.42. The number of fused-ring (bicyclic) bond motifs is 1. The van der Waals surface area contributed by atoms with Crippen molar-refractivity contribution in [2.45, 2.75) is 38.5 Å². The highest BCUT2D eigenvalue weighted by Crippen LogP contribution is 2.37. The van der Waals surface area contributed by atoms with Crippen LogP contribution in [0.25, 0.3) is 0 Å². The number of non-ortho nitro benzene ring substituents is 1. The summed E-state index contributed by atoms with van der Waals surface area (Å²) in [6.45, 7) is 4.41. The molecule has 0 saturated heterocycles. The fourth-order valence-corrected chi connectivity index (χ4v) is 2.42. The van der Waals surface area contributed by atoms with E-state index in [9.17, 15) is 10.1 Å². The van der Waals surface area contributed by atoms with Gasteiger partial charge in [0.05, 0.1) is 4.92 Å². The van der Waals surface area contributed by atoms with Gasteiger partial charge in [0.25, 0.3) is 5.69 Å². The van der Waals surface area contributed by atoms with Crippen molar-refractivity contribution in [1.82, 2.24) is 0 Å². The maximum absolute atomic E-state index is 10.7. The van der Waals surface area contributed by atoms with Gasteiger partial charge in [-0.2, -0.15) is 0 Å². The van der Waals surface area contributed by atoms with Crippen LogP contribution in [0, 0.1) is 10.1 Å². The first kappa shape index (κ1) is 10.1. The smallest absolute Gasteiger partial charge is 0.258 e. The summed E-state index contributed by atoms with van der Waals surface area (Å²) in [5, 5.41) is 10.7. The van der Waals surface area contributed by atoms with Crippen molar-refractivity contribution in [3.8, 4) is 0 Å². The summed E-state index contributed by atoms with van der Waals surface area (Å²) in [5.41, 5.74) is 2.81. The predicted octanol–water partition coefficient (Wildman–Crippen LogP) is 3.21. The third-order valence-corrected chi connectivity index (χ3v) is 3.28. The van der Waals surface area contributed by atoms with Crippen molar-refractivity contribution in [3.05, 3.63) is 39.4 Å². The first-order valence-corrected chi connectivity index (χ1v) is 5.28. The normalized spacial score (nSPS) is 18.3. The summed E-state index contributed by atoms with van der Waals surface area (Å²) in [6, 6.07) is 5.27. The van der Waals surface area contributed by atoms with E-state index in [1.54, 1.807) is 12.1 Å². The van der Waals surface area contributed by atoms with Crippen molar-refractivity contribution in [2.24, 2.45) is 0 Å². The van der Waals surface area contributed by atoms with Crippen LogP contribution in [0.5, 0.6) is 0 Å². The van der Waals surface area contributed by atoms with Crippen molar-refractivity contribution >= 4 is 5.69 Å². The summed E-state index contributed by atoms with van der Waals surface area (Å²) in [6.07, 6.45) is 3.26. The molecule has 0 saturated carbocycles. The summed E-state index contributed by atoms with van der Waals surface area (Å²) < 4.78 is 0. The highest BCUT2D eigenvalue weighted by Gasteiger charge is 2.28. The van der Waals surface area contributed by atoms with E-state index in [4.69, 9.17) is 0 Å². The molecule has 80 valence electrons. The van der Waals surface area contributed by atoms with Gasteiger partial charge in [0.1, 0.15) is 0 Å². The second kappa shape index (κ2) is 3.33. The van der Waals surface area contributed by atoms with Crippen LogP contribution in [0.2, 0.25) is 0 Å². The van der Waals surface area contributed by atoms with E-state index in [2.05, 4.69) is 13.8 Å². The van der Waals surface area contributed by atoms with Crippen LogP contribution in [0.1, 0.15) is 37.8 Å². The molecular weight excluding hydrogens is 190 g/mol. The summed E-state index contributed by atoms with van der Waals surface area (Å²) >= 11 is 0. The molecule has 0 N–H and O–H groups in total. The van der Waals surface area contributed by atoms with E-state index in [0.717, 1.165) is 24.8 Å². The van der Waals surface area contributed by atoms with Gasteiger partial charge in [-0.3, -0.25) is 10.1 Å². The molecule has 2 rings (SSSR count). The highest BCUT2D eigenvalue weighted by atomic mass is 16.6. The van der Waals surface area contributed by atoms with Gasteiger partial charge in [0.15, 0.2) is 0 Å². The van der Waals surface area contributed by atoms with Crippen LogP contribution in [0.4, 0.5) is 5.69 Å². The van der Waals surface area contributed by atoms with Crippen LogP contribution < -0.4 is 0 Å². The standard InChI is InChI=1S/C12H15NO2/c1-12(2)7-3-4-9-8-10(13(14)15)5-6-11(9)12/h5-6,8H,3-4,7H2,1-2H3. The quantitative estimate of drug-likeness (QED) is 0.522. The first-order chi connectivity index (χ1) is 7.00. The van der Waals surface area contributed by atoms with Crippen molar-refractivity contribution in [2.75, 3.05) is 0 Å². The van der Waals surface area contributed by atoms with Gasteiger partial charge in [-0.1, -0.05) is 19.9 Å². The van der Waals surface area contributed by atoms with E-state index in [0.29, 0.717) is 0 Å². The van der Waals surface area contributed by atoms with Crippen molar-refractivity contribution in [3.63, 3.8) is 0 Å². The number of hydrogen-bond acceptors (Lipinski definition) is 2. The Labute approximate surface area is 89.3 Å². The summed E-state index contributed by atoms with van der Waals surface area (Å²) in [7, 11) is 0. The Kier molecular flexibility index (Phi) is 2.25. The van der Waals surface area contributed by atoms with Gasteiger partial charge in [0, 0.05) is 12.1 Å². The Hall–Kier alpha value is -1.38. The minimum absolute atomic E-state index is 0.169. The number of rotatable bonds is 1.